The lowest BCUT2D eigenvalue weighted by atomic mass is 10.0. The van der Waals surface area contributed by atoms with Crippen molar-refractivity contribution in [2.45, 2.75) is 18.8 Å². The van der Waals surface area contributed by atoms with Crippen LogP contribution in [0.2, 0.25) is 5.02 Å². The van der Waals surface area contributed by atoms with Crippen LogP contribution >= 0.6 is 11.6 Å². The van der Waals surface area contributed by atoms with Gasteiger partial charge in [0, 0.05) is 29.3 Å². The van der Waals surface area contributed by atoms with Crippen molar-refractivity contribution in [1.29, 1.82) is 0 Å². The number of H-pyrrole nitrogens is 1. The van der Waals surface area contributed by atoms with Crippen LogP contribution in [0, 0.1) is 5.82 Å². The fraction of sp³-hybridized carbons (Fsp3) is 0.100. The average molecular weight is 622 g/mol. The van der Waals surface area contributed by atoms with E-state index in [9.17, 15) is 22.4 Å². The van der Waals surface area contributed by atoms with Crippen LogP contribution < -0.4 is 10.3 Å². The Bertz CT molecular complexity index is 1960. The number of imidazole rings is 1. The van der Waals surface area contributed by atoms with Crippen LogP contribution in [0.1, 0.15) is 17.4 Å². The molecule has 3 heterocycles. The van der Waals surface area contributed by atoms with Gasteiger partial charge in [-0.3, -0.25) is 4.79 Å². The number of nitrogens with one attached hydrogen (secondary N) is 1. The van der Waals surface area contributed by atoms with Crippen LogP contribution in [0.3, 0.4) is 0 Å². The molecule has 1 N–H and O–H groups in total. The number of aromatic nitrogens is 7. The molecule has 1 atom stereocenters. The second-order valence-electron chi connectivity index (χ2n) is 9.68. The number of nitrogens with zero attached hydrogens (tertiary/aromatic N) is 6. The van der Waals surface area contributed by atoms with Gasteiger partial charge >= 0.3 is 6.36 Å². The Balaban J connectivity index is 1.37. The molecule has 14 heteroatoms. The van der Waals surface area contributed by atoms with Gasteiger partial charge < -0.3 is 14.3 Å². The second kappa shape index (κ2) is 11.8. The van der Waals surface area contributed by atoms with Gasteiger partial charge in [0.25, 0.3) is 5.56 Å². The van der Waals surface area contributed by atoms with Crippen molar-refractivity contribution in [1.82, 2.24) is 34.7 Å². The molecule has 0 saturated carbocycles. The number of benzene rings is 3. The van der Waals surface area contributed by atoms with Gasteiger partial charge in [0.15, 0.2) is 0 Å². The summed E-state index contributed by atoms with van der Waals surface area (Å²) < 4.78 is 58.3. The standard InChI is InChI=1S/C30H20ClF4N7O2/c31-21-5-10-26(42-17-37-39-40-42)24(15-21)20-11-12-41(28(43)14-20)27(13-18-1-6-22(32)7-2-18)29-36-16-25(38-29)19-3-8-23(9-4-19)44-30(33,34)35/h1-12,14-17,27H,13H2,(H,36,38). The summed E-state index contributed by atoms with van der Waals surface area (Å²) in [4.78, 5) is 21.3. The summed E-state index contributed by atoms with van der Waals surface area (Å²) in [6.45, 7) is 0. The minimum Gasteiger partial charge on any atom is -0.406 e. The lowest BCUT2D eigenvalue weighted by molar-refractivity contribution is -0.274. The Kier molecular flexibility index (Phi) is 7.70. The number of ether oxygens (including phenoxy) is 1. The number of pyridine rings is 1. The Labute approximate surface area is 251 Å². The molecule has 0 aliphatic carbocycles. The zero-order valence-electron chi connectivity index (χ0n) is 22.4. The van der Waals surface area contributed by atoms with E-state index in [0.717, 1.165) is 5.56 Å². The summed E-state index contributed by atoms with van der Waals surface area (Å²) in [7, 11) is 0. The van der Waals surface area contributed by atoms with Gasteiger partial charge in [0.2, 0.25) is 0 Å². The molecule has 6 aromatic rings. The Morgan fingerprint density at radius 2 is 1.73 bits per heavy atom. The van der Waals surface area contributed by atoms with Crippen molar-refractivity contribution in [2.75, 3.05) is 0 Å². The van der Waals surface area contributed by atoms with E-state index in [1.54, 1.807) is 42.6 Å². The zero-order valence-corrected chi connectivity index (χ0v) is 23.2. The van der Waals surface area contributed by atoms with E-state index in [0.29, 0.717) is 38.9 Å². The number of tetrazole rings is 1. The van der Waals surface area contributed by atoms with E-state index in [1.165, 1.54) is 64.2 Å². The quantitative estimate of drug-likeness (QED) is 0.197. The molecule has 3 aromatic heterocycles. The van der Waals surface area contributed by atoms with Crippen molar-refractivity contribution in [3.63, 3.8) is 0 Å². The van der Waals surface area contributed by atoms with Gasteiger partial charge in [-0.1, -0.05) is 23.7 Å². The number of alkyl halides is 3. The molecule has 0 spiro atoms. The fourth-order valence-electron chi connectivity index (χ4n) is 4.79. The van der Waals surface area contributed by atoms with Crippen molar-refractivity contribution >= 4 is 11.6 Å². The minimum atomic E-state index is -4.80. The van der Waals surface area contributed by atoms with Gasteiger partial charge in [-0.25, -0.2) is 9.37 Å². The molecule has 0 radical (unpaired) electrons. The number of rotatable bonds is 8. The number of hydrogen-bond acceptors (Lipinski definition) is 6. The van der Waals surface area contributed by atoms with Crippen LogP contribution in [-0.2, 0) is 6.42 Å². The summed E-state index contributed by atoms with van der Waals surface area (Å²) in [5.41, 5.74) is 3.26. The van der Waals surface area contributed by atoms with Crippen molar-refractivity contribution < 1.29 is 22.3 Å². The van der Waals surface area contributed by atoms with Crippen molar-refractivity contribution in [3.05, 3.63) is 130 Å². The average Bonchev–Trinajstić information content (AvgIpc) is 3.70. The summed E-state index contributed by atoms with van der Waals surface area (Å²) in [5, 5.41) is 11.8. The van der Waals surface area contributed by atoms with E-state index in [2.05, 4.69) is 30.2 Å². The molecule has 0 fully saturated rings. The topological polar surface area (TPSA) is 104 Å². The molecule has 0 saturated heterocycles. The van der Waals surface area contributed by atoms with Crippen LogP contribution in [0.5, 0.6) is 5.75 Å². The summed E-state index contributed by atoms with van der Waals surface area (Å²) in [6, 6.07) is 18.9. The second-order valence-corrected chi connectivity index (χ2v) is 10.1. The maximum Gasteiger partial charge on any atom is 0.573 e. The number of halogens is 5. The normalized spacial score (nSPS) is 12.3. The van der Waals surface area contributed by atoms with Crippen molar-refractivity contribution in [3.8, 4) is 33.8 Å². The first-order valence-corrected chi connectivity index (χ1v) is 13.4. The van der Waals surface area contributed by atoms with Gasteiger partial charge in [0.1, 0.15) is 23.7 Å². The molecule has 0 aliphatic rings. The van der Waals surface area contributed by atoms with Crippen LogP contribution in [0.15, 0.2) is 102 Å². The molecule has 3 aromatic carbocycles. The monoisotopic (exact) mass is 621 g/mol. The molecule has 0 aliphatic heterocycles. The zero-order chi connectivity index (χ0) is 30.8. The fourth-order valence-corrected chi connectivity index (χ4v) is 4.96. The maximum absolute atomic E-state index is 13.7. The maximum atomic E-state index is 13.7. The lowest BCUT2D eigenvalue weighted by Gasteiger charge is -2.19. The third kappa shape index (κ3) is 6.37. The number of aromatic amines is 1. The molecular formula is C30H20ClF4N7O2. The molecule has 44 heavy (non-hydrogen) atoms. The SMILES string of the molecule is O=c1cc(-c2cc(Cl)ccc2-n2cnnn2)ccn1C(Cc1ccc(F)cc1)c1ncc(-c2ccc(OC(F)(F)F)cc2)[nH]1. The van der Waals surface area contributed by atoms with Gasteiger partial charge in [0.05, 0.1) is 23.6 Å². The molecule has 222 valence electrons. The van der Waals surface area contributed by atoms with Gasteiger partial charge in [-0.15, -0.1) is 18.3 Å². The predicted molar refractivity (Wildman–Crippen MR) is 153 cm³/mol. The number of hydrogen-bond donors (Lipinski definition) is 1. The van der Waals surface area contributed by atoms with E-state index < -0.39 is 18.2 Å². The van der Waals surface area contributed by atoms with E-state index in [-0.39, 0.29) is 17.7 Å². The van der Waals surface area contributed by atoms with Gasteiger partial charge in [-0.05, 0) is 87.8 Å². The molecule has 0 amide bonds. The van der Waals surface area contributed by atoms with Crippen LogP contribution in [0.25, 0.3) is 28.1 Å². The summed E-state index contributed by atoms with van der Waals surface area (Å²) in [6.07, 6.45) is 0.0505. The highest BCUT2D eigenvalue weighted by atomic mass is 35.5. The molecule has 9 nitrogen and oxygen atoms in total. The third-order valence-electron chi connectivity index (χ3n) is 6.80. The smallest absolute Gasteiger partial charge is 0.406 e. The first-order valence-electron chi connectivity index (χ1n) is 13.0. The van der Waals surface area contributed by atoms with Crippen molar-refractivity contribution in [2.24, 2.45) is 0 Å². The Hall–Kier alpha value is -5.30. The molecule has 1 unspecified atom stereocenters. The lowest BCUT2D eigenvalue weighted by Crippen LogP contribution is -2.27. The molecule has 6 rings (SSSR count). The molecular weight excluding hydrogens is 602 g/mol. The highest BCUT2D eigenvalue weighted by Gasteiger charge is 2.31. The Morgan fingerprint density at radius 3 is 2.41 bits per heavy atom. The molecule has 0 bridgehead atoms. The van der Waals surface area contributed by atoms with Gasteiger partial charge in [-0.2, -0.15) is 4.68 Å². The minimum absolute atomic E-state index is 0.276. The van der Waals surface area contributed by atoms with Crippen LogP contribution in [0.4, 0.5) is 17.6 Å². The highest BCUT2D eigenvalue weighted by Crippen LogP contribution is 2.31. The summed E-state index contributed by atoms with van der Waals surface area (Å²) in [5.74, 6) is -0.346. The predicted octanol–water partition coefficient (Wildman–Crippen LogP) is 6.40. The van der Waals surface area contributed by atoms with E-state index in [4.69, 9.17) is 11.6 Å². The highest BCUT2D eigenvalue weighted by molar-refractivity contribution is 6.31. The van der Waals surface area contributed by atoms with E-state index in [1.807, 2.05) is 0 Å². The largest absolute Gasteiger partial charge is 0.573 e. The third-order valence-corrected chi connectivity index (χ3v) is 7.04. The van der Waals surface area contributed by atoms with Crippen LogP contribution in [-0.4, -0.2) is 41.1 Å². The van der Waals surface area contributed by atoms with E-state index >= 15 is 0 Å². The Morgan fingerprint density at radius 1 is 0.955 bits per heavy atom. The first kappa shape index (κ1) is 28.8. The summed E-state index contributed by atoms with van der Waals surface area (Å²) >= 11 is 6.28. The first-order chi connectivity index (χ1) is 21.1.